The zero-order chi connectivity index (χ0) is 17.3. The molecule has 1 aliphatic rings. The van der Waals surface area contributed by atoms with E-state index in [0.717, 1.165) is 15.4 Å². The van der Waals surface area contributed by atoms with E-state index in [2.05, 4.69) is 21.2 Å². The van der Waals surface area contributed by atoms with Gasteiger partial charge in [0.25, 0.3) is 11.8 Å². The van der Waals surface area contributed by atoms with Gasteiger partial charge in [0.2, 0.25) is 5.91 Å². The summed E-state index contributed by atoms with van der Waals surface area (Å²) < 4.78 is 14.5. The van der Waals surface area contributed by atoms with Crippen molar-refractivity contribution >= 4 is 39.3 Å². The number of carbonyl (C=O) groups excluding carboxylic acids is 3. The minimum Gasteiger partial charge on any atom is -0.326 e. The van der Waals surface area contributed by atoms with Gasteiger partial charge in [-0.15, -0.1) is 0 Å². The molecule has 2 aromatic rings. The van der Waals surface area contributed by atoms with E-state index in [9.17, 15) is 18.8 Å². The number of nitrogens with zero attached hydrogens (tertiary/aromatic N) is 1. The lowest BCUT2D eigenvalue weighted by Gasteiger charge is -2.13. The lowest BCUT2D eigenvalue weighted by Crippen LogP contribution is -2.33. The minimum atomic E-state index is -0.730. The molecule has 2 aromatic carbocycles. The van der Waals surface area contributed by atoms with Crippen LogP contribution in [0.3, 0.4) is 0 Å². The predicted molar refractivity (Wildman–Crippen MR) is 89.2 cm³/mol. The smallest absolute Gasteiger partial charge is 0.264 e. The first-order chi connectivity index (χ1) is 11.5. The van der Waals surface area contributed by atoms with Crippen LogP contribution in [0.5, 0.6) is 0 Å². The Labute approximate surface area is 145 Å². The van der Waals surface area contributed by atoms with Crippen LogP contribution < -0.4 is 5.32 Å². The van der Waals surface area contributed by atoms with Crippen molar-refractivity contribution in [2.75, 3.05) is 11.9 Å². The van der Waals surface area contributed by atoms with Gasteiger partial charge in [-0.2, -0.15) is 0 Å². The zero-order valence-corrected chi connectivity index (χ0v) is 14.0. The second-order valence-corrected chi connectivity index (χ2v) is 6.15. The number of rotatable bonds is 4. The van der Waals surface area contributed by atoms with Crippen LogP contribution in [-0.2, 0) is 4.79 Å². The van der Waals surface area contributed by atoms with Gasteiger partial charge in [0, 0.05) is 23.1 Å². The quantitative estimate of drug-likeness (QED) is 0.815. The number of fused-ring (bicyclic) bond motifs is 1. The molecule has 0 atom stereocenters. The second kappa shape index (κ2) is 6.52. The Morgan fingerprint density at radius 2 is 1.88 bits per heavy atom. The normalized spacial score (nSPS) is 13.2. The maximum absolute atomic E-state index is 13.7. The minimum absolute atomic E-state index is 0.0346. The lowest BCUT2D eigenvalue weighted by atomic mass is 10.1. The molecular formula is C17H12BrFN2O3. The molecule has 0 unspecified atom stereocenters. The molecule has 3 amide bonds. The van der Waals surface area contributed by atoms with Crippen LogP contribution in [-0.4, -0.2) is 29.2 Å². The van der Waals surface area contributed by atoms with E-state index in [0.29, 0.717) is 5.69 Å². The monoisotopic (exact) mass is 390 g/mol. The van der Waals surface area contributed by atoms with Crippen LogP contribution in [0.25, 0.3) is 0 Å². The molecule has 1 N–H and O–H groups in total. The van der Waals surface area contributed by atoms with Gasteiger partial charge >= 0.3 is 0 Å². The van der Waals surface area contributed by atoms with Crippen LogP contribution >= 0.6 is 15.9 Å². The highest BCUT2D eigenvalue weighted by molar-refractivity contribution is 9.10. The molecule has 0 radical (unpaired) electrons. The average molecular weight is 391 g/mol. The molecule has 0 aliphatic carbocycles. The van der Waals surface area contributed by atoms with Crippen molar-refractivity contribution in [3.05, 3.63) is 63.9 Å². The molecule has 0 bridgehead atoms. The second-order valence-electron chi connectivity index (χ2n) is 5.23. The van der Waals surface area contributed by atoms with Crippen molar-refractivity contribution in [1.82, 2.24) is 4.90 Å². The van der Waals surface area contributed by atoms with Crippen LogP contribution in [0.4, 0.5) is 10.1 Å². The van der Waals surface area contributed by atoms with Gasteiger partial charge in [-0.3, -0.25) is 19.3 Å². The molecule has 0 fully saturated rings. The van der Waals surface area contributed by atoms with Gasteiger partial charge in [-0.25, -0.2) is 4.39 Å². The number of carbonyl (C=O) groups is 3. The number of halogens is 2. The number of hydrogen-bond acceptors (Lipinski definition) is 3. The summed E-state index contributed by atoms with van der Waals surface area (Å²) in [5.41, 5.74) is 0.407. The highest BCUT2D eigenvalue weighted by atomic mass is 79.9. The zero-order valence-electron chi connectivity index (χ0n) is 12.4. The first kappa shape index (κ1) is 16.3. The van der Waals surface area contributed by atoms with E-state index < -0.39 is 17.6 Å². The third kappa shape index (κ3) is 3.07. The van der Waals surface area contributed by atoms with Crippen molar-refractivity contribution in [2.24, 2.45) is 0 Å². The fraction of sp³-hybridized carbons (Fsp3) is 0.118. The number of nitrogens with one attached hydrogen (secondary N) is 1. The first-order valence-electron chi connectivity index (χ1n) is 7.17. The third-order valence-corrected chi connectivity index (χ3v) is 4.11. The van der Waals surface area contributed by atoms with E-state index in [-0.39, 0.29) is 30.0 Å². The Balaban J connectivity index is 1.65. The van der Waals surface area contributed by atoms with Gasteiger partial charge in [0.1, 0.15) is 5.82 Å². The summed E-state index contributed by atoms with van der Waals surface area (Å²) in [6.45, 7) is -0.106. The molecule has 24 heavy (non-hydrogen) atoms. The molecular weight excluding hydrogens is 379 g/mol. The summed E-state index contributed by atoms with van der Waals surface area (Å²) in [4.78, 5) is 37.2. The SMILES string of the molecule is O=C(CCN1C(=O)c2cccc(F)c2C1=O)Nc1cccc(Br)c1. The third-order valence-electron chi connectivity index (χ3n) is 3.62. The molecule has 0 spiro atoms. The number of amides is 3. The summed E-state index contributed by atoms with van der Waals surface area (Å²) >= 11 is 3.30. The topological polar surface area (TPSA) is 66.5 Å². The van der Waals surface area contributed by atoms with Crippen molar-refractivity contribution in [3.63, 3.8) is 0 Å². The van der Waals surface area contributed by atoms with E-state index in [1.54, 1.807) is 18.2 Å². The maximum Gasteiger partial charge on any atom is 0.264 e. The van der Waals surface area contributed by atoms with Crippen molar-refractivity contribution in [2.45, 2.75) is 6.42 Å². The largest absolute Gasteiger partial charge is 0.326 e. The van der Waals surface area contributed by atoms with E-state index in [4.69, 9.17) is 0 Å². The highest BCUT2D eigenvalue weighted by Gasteiger charge is 2.37. The van der Waals surface area contributed by atoms with Crippen LogP contribution in [0, 0.1) is 5.82 Å². The van der Waals surface area contributed by atoms with Gasteiger partial charge in [0.15, 0.2) is 0 Å². The molecule has 0 saturated carbocycles. The van der Waals surface area contributed by atoms with Crippen molar-refractivity contribution in [1.29, 1.82) is 0 Å². The van der Waals surface area contributed by atoms with Gasteiger partial charge in [-0.05, 0) is 30.3 Å². The Bertz CT molecular complexity index is 853. The summed E-state index contributed by atoms with van der Waals surface area (Å²) in [6.07, 6.45) is -0.0698. The summed E-state index contributed by atoms with van der Waals surface area (Å²) in [6, 6.07) is 11.0. The lowest BCUT2D eigenvalue weighted by molar-refractivity contribution is -0.116. The molecule has 5 nitrogen and oxygen atoms in total. The number of hydrogen-bond donors (Lipinski definition) is 1. The van der Waals surface area contributed by atoms with Crippen molar-refractivity contribution < 1.29 is 18.8 Å². The molecule has 0 aromatic heterocycles. The van der Waals surface area contributed by atoms with E-state index >= 15 is 0 Å². The maximum atomic E-state index is 13.7. The first-order valence-corrected chi connectivity index (χ1v) is 7.97. The predicted octanol–water partition coefficient (Wildman–Crippen LogP) is 3.21. The van der Waals surface area contributed by atoms with Gasteiger partial charge in [0.05, 0.1) is 11.1 Å². The molecule has 122 valence electrons. The molecule has 0 saturated heterocycles. The fourth-order valence-corrected chi connectivity index (χ4v) is 2.90. The Hall–Kier alpha value is -2.54. The average Bonchev–Trinajstić information content (AvgIpc) is 2.78. The molecule has 1 heterocycles. The molecule has 1 aliphatic heterocycles. The summed E-state index contributed by atoms with van der Waals surface area (Å²) in [5, 5.41) is 2.68. The Kier molecular flexibility index (Phi) is 4.44. The number of anilines is 1. The Morgan fingerprint density at radius 3 is 2.58 bits per heavy atom. The van der Waals surface area contributed by atoms with Crippen LogP contribution in [0.15, 0.2) is 46.9 Å². The summed E-state index contributed by atoms with van der Waals surface area (Å²) in [7, 11) is 0. The van der Waals surface area contributed by atoms with Crippen LogP contribution in [0.2, 0.25) is 0 Å². The fourth-order valence-electron chi connectivity index (χ4n) is 2.50. The molecule has 7 heteroatoms. The standard InChI is InChI=1S/C17H12BrFN2O3/c18-10-3-1-4-11(9-10)20-14(22)7-8-21-16(23)12-5-2-6-13(19)15(12)17(21)24/h1-6,9H,7-8H2,(H,20,22). The van der Waals surface area contributed by atoms with Crippen LogP contribution in [0.1, 0.15) is 27.1 Å². The molecule has 3 rings (SSSR count). The van der Waals surface area contributed by atoms with Crippen molar-refractivity contribution in [3.8, 4) is 0 Å². The summed E-state index contributed by atoms with van der Waals surface area (Å²) in [5.74, 6) is -2.36. The number of benzene rings is 2. The highest BCUT2D eigenvalue weighted by Crippen LogP contribution is 2.25. The van der Waals surface area contributed by atoms with E-state index in [1.807, 2.05) is 6.07 Å². The van der Waals surface area contributed by atoms with Gasteiger partial charge < -0.3 is 5.32 Å². The number of imide groups is 1. The van der Waals surface area contributed by atoms with E-state index in [1.165, 1.54) is 12.1 Å². The Morgan fingerprint density at radius 1 is 1.12 bits per heavy atom. The van der Waals surface area contributed by atoms with Gasteiger partial charge in [-0.1, -0.05) is 28.1 Å².